The summed E-state index contributed by atoms with van der Waals surface area (Å²) >= 11 is 0. The molecule has 1 aromatic carbocycles. The fourth-order valence-electron chi connectivity index (χ4n) is 3.02. The molecule has 0 spiro atoms. The Morgan fingerprint density at radius 3 is 2.84 bits per heavy atom. The summed E-state index contributed by atoms with van der Waals surface area (Å²) in [6, 6.07) is 12.5. The maximum atomic E-state index is 12.7. The van der Waals surface area contributed by atoms with Crippen LogP contribution in [-0.2, 0) is 13.0 Å². The molecule has 126 valence electrons. The van der Waals surface area contributed by atoms with Crippen molar-refractivity contribution in [1.82, 2.24) is 15.4 Å². The predicted octanol–water partition coefficient (Wildman–Crippen LogP) is 2.15. The molecule has 0 saturated carbocycles. The molecular formula is C18H15N3O4. The minimum Gasteiger partial charge on any atom is -0.451 e. The molecule has 0 radical (unpaired) electrons. The van der Waals surface area contributed by atoms with E-state index in [9.17, 15) is 9.59 Å². The number of benzene rings is 1. The quantitative estimate of drug-likeness (QED) is 0.552. The second kappa shape index (κ2) is 6.03. The van der Waals surface area contributed by atoms with Crippen LogP contribution in [-0.4, -0.2) is 33.5 Å². The van der Waals surface area contributed by atoms with Crippen LogP contribution in [0, 0.1) is 0 Å². The lowest BCUT2D eigenvalue weighted by molar-refractivity contribution is 0.0689. The first-order valence-corrected chi connectivity index (χ1v) is 7.87. The van der Waals surface area contributed by atoms with E-state index in [4.69, 9.17) is 9.62 Å². The number of rotatable bonds is 2. The van der Waals surface area contributed by atoms with Gasteiger partial charge in [0.05, 0.1) is 0 Å². The first-order valence-electron chi connectivity index (χ1n) is 7.87. The lowest BCUT2D eigenvalue weighted by Crippen LogP contribution is -2.36. The van der Waals surface area contributed by atoms with Crippen molar-refractivity contribution in [3.8, 4) is 0 Å². The minimum absolute atomic E-state index is 0.151. The molecule has 7 heteroatoms. The first kappa shape index (κ1) is 15.3. The van der Waals surface area contributed by atoms with Crippen LogP contribution in [0.15, 0.2) is 46.9 Å². The molecule has 0 bridgehead atoms. The van der Waals surface area contributed by atoms with Gasteiger partial charge in [-0.3, -0.25) is 14.8 Å². The highest BCUT2D eigenvalue weighted by atomic mass is 16.5. The van der Waals surface area contributed by atoms with Crippen molar-refractivity contribution in [1.29, 1.82) is 0 Å². The van der Waals surface area contributed by atoms with E-state index in [0.717, 1.165) is 16.6 Å². The summed E-state index contributed by atoms with van der Waals surface area (Å²) in [5.74, 6) is -0.503. The van der Waals surface area contributed by atoms with E-state index in [1.54, 1.807) is 22.5 Å². The average molecular weight is 337 g/mol. The highest BCUT2D eigenvalue weighted by Gasteiger charge is 2.25. The van der Waals surface area contributed by atoms with Gasteiger partial charge in [-0.2, -0.15) is 0 Å². The molecule has 0 fully saturated rings. The van der Waals surface area contributed by atoms with Crippen LogP contribution in [0.4, 0.5) is 0 Å². The predicted molar refractivity (Wildman–Crippen MR) is 88.1 cm³/mol. The summed E-state index contributed by atoms with van der Waals surface area (Å²) in [5.41, 5.74) is 4.05. The Hall–Kier alpha value is -3.19. The van der Waals surface area contributed by atoms with E-state index in [1.807, 2.05) is 24.3 Å². The number of amides is 2. The zero-order valence-electron chi connectivity index (χ0n) is 13.2. The molecule has 1 aliphatic heterocycles. The van der Waals surface area contributed by atoms with E-state index in [2.05, 4.69) is 4.98 Å². The van der Waals surface area contributed by atoms with E-state index < -0.39 is 5.91 Å². The van der Waals surface area contributed by atoms with Gasteiger partial charge < -0.3 is 9.32 Å². The Kier molecular flexibility index (Phi) is 3.70. The molecule has 3 heterocycles. The number of nitrogens with one attached hydrogen (secondary N) is 1. The largest absolute Gasteiger partial charge is 0.451 e. The normalized spacial score (nSPS) is 13.6. The Morgan fingerprint density at radius 1 is 1.20 bits per heavy atom. The number of hydroxylamine groups is 1. The average Bonchev–Trinajstić information content (AvgIpc) is 3.10. The molecule has 7 nitrogen and oxygen atoms in total. The monoisotopic (exact) mass is 337 g/mol. The third-order valence-corrected chi connectivity index (χ3v) is 4.31. The van der Waals surface area contributed by atoms with Gasteiger partial charge in [-0.25, -0.2) is 10.5 Å². The van der Waals surface area contributed by atoms with Crippen LogP contribution in [0.5, 0.6) is 0 Å². The van der Waals surface area contributed by atoms with Gasteiger partial charge in [-0.1, -0.05) is 24.3 Å². The Bertz CT molecular complexity index is 946. The Morgan fingerprint density at radius 2 is 2.04 bits per heavy atom. The highest BCUT2D eigenvalue weighted by Crippen LogP contribution is 2.23. The lowest BCUT2D eigenvalue weighted by atomic mass is 10.0. The van der Waals surface area contributed by atoms with Gasteiger partial charge in [-0.15, -0.1) is 0 Å². The molecule has 0 atom stereocenters. The second-order valence-electron chi connectivity index (χ2n) is 5.87. The van der Waals surface area contributed by atoms with Crippen molar-refractivity contribution >= 4 is 22.8 Å². The van der Waals surface area contributed by atoms with Crippen LogP contribution in [0.3, 0.4) is 0 Å². The number of carbonyl (C=O) groups excluding carboxylic acids is 2. The van der Waals surface area contributed by atoms with Gasteiger partial charge >= 0.3 is 0 Å². The fourth-order valence-corrected chi connectivity index (χ4v) is 3.02. The summed E-state index contributed by atoms with van der Waals surface area (Å²) < 4.78 is 5.65. The van der Waals surface area contributed by atoms with E-state index in [-0.39, 0.29) is 11.6 Å². The van der Waals surface area contributed by atoms with Crippen molar-refractivity contribution in [2.45, 2.75) is 13.0 Å². The van der Waals surface area contributed by atoms with Crippen LogP contribution < -0.4 is 5.48 Å². The standard InChI is InChI=1S/C18H15N3O4/c22-17(20-24)14-6-5-12-10-21(8-7-13(12)19-14)18(23)16-9-11-3-1-2-4-15(11)25-16/h1-6,9,24H,7-8,10H2,(H,20,22). The van der Waals surface area contributed by atoms with Crippen molar-refractivity contribution < 1.29 is 19.2 Å². The summed E-state index contributed by atoms with van der Waals surface area (Å²) in [7, 11) is 0. The Balaban J connectivity index is 1.57. The fraction of sp³-hybridized carbons (Fsp3) is 0.167. The van der Waals surface area contributed by atoms with Crippen molar-refractivity contribution in [2.75, 3.05) is 6.54 Å². The molecular weight excluding hydrogens is 322 g/mol. The summed E-state index contributed by atoms with van der Waals surface area (Å²) in [6.45, 7) is 0.888. The zero-order chi connectivity index (χ0) is 17.4. The molecule has 0 aliphatic carbocycles. The maximum absolute atomic E-state index is 12.7. The van der Waals surface area contributed by atoms with E-state index in [1.165, 1.54) is 6.07 Å². The smallest absolute Gasteiger partial charge is 0.293 e. The lowest BCUT2D eigenvalue weighted by Gasteiger charge is -2.27. The van der Waals surface area contributed by atoms with Crippen LogP contribution in [0.1, 0.15) is 32.3 Å². The van der Waals surface area contributed by atoms with Crippen LogP contribution in [0.2, 0.25) is 0 Å². The summed E-state index contributed by atoms with van der Waals surface area (Å²) in [5, 5.41) is 9.58. The third-order valence-electron chi connectivity index (χ3n) is 4.31. The second-order valence-corrected chi connectivity index (χ2v) is 5.87. The SMILES string of the molecule is O=C(NO)c1ccc2c(n1)CCN(C(=O)c1cc3ccccc3o1)C2. The van der Waals surface area contributed by atoms with Gasteiger partial charge in [0.2, 0.25) is 0 Å². The van der Waals surface area contributed by atoms with Crippen molar-refractivity contribution in [2.24, 2.45) is 0 Å². The van der Waals surface area contributed by atoms with Gasteiger partial charge in [0.25, 0.3) is 11.8 Å². The van der Waals surface area contributed by atoms with E-state index in [0.29, 0.717) is 30.9 Å². The van der Waals surface area contributed by atoms with Gasteiger partial charge in [0.15, 0.2) is 5.76 Å². The molecule has 0 saturated heterocycles. The van der Waals surface area contributed by atoms with E-state index >= 15 is 0 Å². The van der Waals surface area contributed by atoms with Crippen LogP contribution >= 0.6 is 0 Å². The highest BCUT2D eigenvalue weighted by molar-refractivity contribution is 5.96. The number of hydrogen-bond donors (Lipinski definition) is 2. The molecule has 2 amide bonds. The van der Waals surface area contributed by atoms with Gasteiger partial charge in [0, 0.05) is 30.6 Å². The number of pyridine rings is 1. The van der Waals surface area contributed by atoms with Gasteiger partial charge in [-0.05, 0) is 23.8 Å². The summed E-state index contributed by atoms with van der Waals surface area (Å²) in [4.78, 5) is 30.1. The molecule has 4 rings (SSSR count). The topological polar surface area (TPSA) is 95.7 Å². The number of carbonyl (C=O) groups is 2. The molecule has 1 aliphatic rings. The number of aromatic nitrogens is 1. The zero-order valence-corrected chi connectivity index (χ0v) is 13.2. The summed E-state index contributed by atoms with van der Waals surface area (Å²) in [6.07, 6.45) is 0.536. The minimum atomic E-state index is -0.649. The molecule has 2 N–H and O–H groups in total. The number of para-hydroxylation sites is 1. The molecule has 3 aromatic rings. The van der Waals surface area contributed by atoms with Gasteiger partial charge in [0.1, 0.15) is 11.3 Å². The Labute approximate surface area is 142 Å². The first-order chi connectivity index (χ1) is 12.2. The number of nitrogens with zero attached hydrogens (tertiary/aromatic N) is 2. The number of hydrogen-bond acceptors (Lipinski definition) is 5. The number of fused-ring (bicyclic) bond motifs is 2. The number of furan rings is 1. The van der Waals surface area contributed by atoms with Crippen LogP contribution in [0.25, 0.3) is 11.0 Å². The molecule has 2 aromatic heterocycles. The maximum Gasteiger partial charge on any atom is 0.293 e. The van der Waals surface area contributed by atoms with Crippen molar-refractivity contribution in [3.63, 3.8) is 0 Å². The molecule has 25 heavy (non-hydrogen) atoms. The van der Waals surface area contributed by atoms with Crippen molar-refractivity contribution in [3.05, 3.63) is 65.2 Å². The third kappa shape index (κ3) is 2.74. The molecule has 0 unspecified atom stereocenters.